The Kier molecular flexibility index (Phi) is 2.95. The van der Waals surface area contributed by atoms with Gasteiger partial charge >= 0.3 is 5.97 Å². The molecule has 0 aliphatic carbocycles. The number of methoxy groups -OCH3 is 1. The van der Waals surface area contributed by atoms with Crippen LogP contribution in [0.25, 0.3) is 10.9 Å². The summed E-state index contributed by atoms with van der Waals surface area (Å²) >= 11 is 0. The van der Waals surface area contributed by atoms with E-state index in [-0.39, 0.29) is 0 Å². The maximum Gasteiger partial charge on any atom is 0.379 e. The van der Waals surface area contributed by atoms with E-state index in [0.29, 0.717) is 5.56 Å². The van der Waals surface area contributed by atoms with Crippen molar-refractivity contribution >= 4 is 22.7 Å². The summed E-state index contributed by atoms with van der Waals surface area (Å²) in [5.74, 6) is -1.43. The Morgan fingerprint density at radius 2 is 2.00 bits per heavy atom. The number of hydrogen-bond donors (Lipinski definition) is 0. The summed E-state index contributed by atoms with van der Waals surface area (Å²) in [6, 6.07) is 7.50. The molecule has 0 bridgehead atoms. The highest BCUT2D eigenvalue weighted by Gasteiger charge is 2.21. The summed E-state index contributed by atoms with van der Waals surface area (Å²) in [6.45, 7) is 2.73. The molecular weight excluding hydrogens is 218 g/mol. The van der Waals surface area contributed by atoms with Crippen LogP contribution in [-0.2, 0) is 16.1 Å². The van der Waals surface area contributed by atoms with Crippen molar-refractivity contribution in [2.24, 2.45) is 0 Å². The molecule has 0 saturated heterocycles. The van der Waals surface area contributed by atoms with Gasteiger partial charge in [0.1, 0.15) is 0 Å². The number of benzene rings is 1. The standard InChI is InChI=1S/C13H13NO3/c1-3-14-8-10(12(15)13(16)17-2)9-6-4-5-7-11(9)14/h4-8H,3H2,1-2H3. The van der Waals surface area contributed by atoms with Gasteiger partial charge in [0, 0.05) is 23.6 Å². The highest BCUT2D eigenvalue weighted by Crippen LogP contribution is 2.21. The third-order valence-electron chi connectivity index (χ3n) is 2.74. The zero-order valence-corrected chi connectivity index (χ0v) is 9.77. The SMILES string of the molecule is CCn1cc(C(=O)C(=O)OC)c2ccccc21. The Balaban J connectivity index is 2.62. The molecule has 0 aliphatic heterocycles. The summed E-state index contributed by atoms with van der Waals surface area (Å²) in [5.41, 5.74) is 1.34. The number of esters is 1. The van der Waals surface area contributed by atoms with Gasteiger partial charge in [-0.05, 0) is 13.0 Å². The van der Waals surface area contributed by atoms with Crippen molar-refractivity contribution in [3.63, 3.8) is 0 Å². The molecule has 4 nitrogen and oxygen atoms in total. The number of ether oxygens (including phenoxy) is 1. The van der Waals surface area contributed by atoms with Crippen LogP contribution in [0.1, 0.15) is 17.3 Å². The first-order valence-corrected chi connectivity index (χ1v) is 5.39. The Bertz CT molecular complexity index is 583. The van der Waals surface area contributed by atoms with Crippen LogP contribution in [0, 0.1) is 0 Å². The summed E-state index contributed by atoms with van der Waals surface area (Å²) in [7, 11) is 1.21. The van der Waals surface area contributed by atoms with Crippen molar-refractivity contribution in [2.75, 3.05) is 7.11 Å². The summed E-state index contributed by atoms with van der Waals surface area (Å²) in [5, 5.41) is 0.782. The lowest BCUT2D eigenvalue weighted by atomic mass is 10.1. The van der Waals surface area contributed by atoms with Crippen molar-refractivity contribution < 1.29 is 14.3 Å². The fraction of sp³-hybridized carbons (Fsp3) is 0.231. The van der Waals surface area contributed by atoms with E-state index in [2.05, 4.69) is 4.74 Å². The molecule has 0 amide bonds. The number of Topliss-reactive ketones (excluding diaryl/α,β-unsaturated/α-hetero) is 1. The molecule has 0 radical (unpaired) electrons. The second-order valence-corrected chi connectivity index (χ2v) is 3.67. The molecule has 2 aromatic rings. The number of carbonyl (C=O) groups is 2. The molecular formula is C13H13NO3. The lowest BCUT2D eigenvalue weighted by Crippen LogP contribution is -2.15. The van der Waals surface area contributed by atoms with Crippen LogP contribution in [0.5, 0.6) is 0 Å². The highest BCUT2D eigenvalue weighted by atomic mass is 16.5. The van der Waals surface area contributed by atoms with Crippen molar-refractivity contribution in [2.45, 2.75) is 13.5 Å². The van der Waals surface area contributed by atoms with E-state index >= 15 is 0 Å². The van der Waals surface area contributed by atoms with Crippen molar-refractivity contribution in [1.29, 1.82) is 0 Å². The lowest BCUT2D eigenvalue weighted by molar-refractivity contribution is -0.135. The molecule has 0 fully saturated rings. The lowest BCUT2D eigenvalue weighted by Gasteiger charge is -1.97. The molecule has 2 rings (SSSR count). The Hall–Kier alpha value is -2.10. The molecule has 0 spiro atoms. The van der Waals surface area contributed by atoms with E-state index in [1.807, 2.05) is 35.8 Å². The molecule has 0 saturated carbocycles. The maximum absolute atomic E-state index is 11.8. The predicted octanol–water partition coefficient (Wildman–Crippen LogP) is 2.02. The van der Waals surface area contributed by atoms with Crippen LogP contribution in [0.2, 0.25) is 0 Å². The van der Waals surface area contributed by atoms with Gasteiger partial charge < -0.3 is 9.30 Å². The third kappa shape index (κ3) is 1.82. The van der Waals surface area contributed by atoms with Gasteiger partial charge in [-0.15, -0.1) is 0 Å². The van der Waals surface area contributed by atoms with Gasteiger partial charge in [0.2, 0.25) is 0 Å². The van der Waals surface area contributed by atoms with E-state index in [1.54, 1.807) is 6.20 Å². The van der Waals surface area contributed by atoms with Crippen LogP contribution in [-0.4, -0.2) is 23.4 Å². The molecule has 1 aromatic carbocycles. The molecule has 0 unspecified atom stereocenters. The summed E-state index contributed by atoms with van der Waals surface area (Å²) in [6.07, 6.45) is 1.70. The molecule has 4 heteroatoms. The average molecular weight is 231 g/mol. The van der Waals surface area contributed by atoms with Crippen LogP contribution < -0.4 is 0 Å². The Labute approximate surface area is 98.8 Å². The van der Waals surface area contributed by atoms with E-state index in [9.17, 15) is 9.59 Å². The smallest absolute Gasteiger partial charge is 0.379 e. The van der Waals surface area contributed by atoms with Crippen LogP contribution in [0.15, 0.2) is 30.5 Å². The Morgan fingerprint density at radius 3 is 2.65 bits per heavy atom. The van der Waals surface area contributed by atoms with Gasteiger partial charge in [0.25, 0.3) is 5.78 Å². The minimum atomic E-state index is -0.830. The number of carbonyl (C=O) groups excluding carboxylic acids is 2. The van der Waals surface area contributed by atoms with Gasteiger partial charge in [-0.2, -0.15) is 0 Å². The Morgan fingerprint density at radius 1 is 1.29 bits per heavy atom. The number of ketones is 1. The van der Waals surface area contributed by atoms with Gasteiger partial charge in [-0.25, -0.2) is 4.79 Å². The molecule has 0 aliphatic rings. The van der Waals surface area contributed by atoms with E-state index in [0.717, 1.165) is 17.4 Å². The average Bonchev–Trinajstić information content (AvgIpc) is 2.75. The molecule has 1 aromatic heterocycles. The van der Waals surface area contributed by atoms with Crippen LogP contribution in [0.4, 0.5) is 0 Å². The monoisotopic (exact) mass is 231 g/mol. The van der Waals surface area contributed by atoms with E-state index < -0.39 is 11.8 Å². The minimum absolute atomic E-state index is 0.398. The number of nitrogens with zero attached hydrogens (tertiary/aromatic N) is 1. The molecule has 88 valence electrons. The highest BCUT2D eigenvalue weighted by molar-refractivity contribution is 6.42. The molecule has 0 N–H and O–H groups in total. The zero-order chi connectivity index (χ0) is 12.4. The van der Waals surface area contributed by atoms with Gasteiger partial charge in [-0.1, -0.05) is 18.2 Å². The van der Waals surface area contributed by atoms with Crippen LogP contribution in [0.3, 0.4) is 0 Å². The van der Waals surface area contributed by atoms with Gasteiger partial charge in [0.15, 0.2) is 0 Å². The quantitative estimate of drug-likeness (QED) is 0.461. The first-order chi connectivity index (χ1) is 8.19. The van der Waals surface area contributed by atoms with E-state index in [4.69, 9.17) is 0 Å². The normalized spacial score (nSPS) is 10.5. The molecule has 0 atom stereocenters. The van der Waals surface area contributed by atoms with Crippen molar-refractivity contribution in [1.82, 2.24) is 4.57 Å². The number of aryl methyl sites for hydroxylation is 1. The number of fused-ring (bicyclic) bond motifs is 1. The molecule has 1 heterocycles. The first kappa shape index (κ1) is 11.4. The number of hydrogen-bond acceptors (Lipinski definition) is 3. The fourth-order valence-electron chi connectivity index (χ4n) is 1.89. The second-order valence-electron chi connectivity index (χ2n) is 3.67. The van der Waals surface area contributed by atoms with E-state index in [1.165, 1.54) is 7.11 Å². The number of para-hydroxylation sites is 1. The first-order valence-electron chi connectivity index (χ1n) is 5.39. The number of rotatable bonds is 3. The zero-order valence-electron chi connectivity index (χ0n) is 9.77. The minimum Gasteiger partial charge on any atom is -0.463 e. The summed E-state index contributed by atoms with van der Waals surface area (Å²) in [4.78, 5) is 23.1. The van der Waals surface area contributed by atoms with Gasteiger partial charge in [0.05, 0.1) is 12.7 Å². The number of aromatic nitrogens is 1. The van der Waals surface area contributed by atoms with Crippen molar-refractivity contribution in [3.8, 4) is 0 Å². The molecule has 17 heavy (non-hydrogen) atoms. The van der Waals surface area contributed by atoms with Crippen molar-refractivity contribution in [3.05, 3.63) is 36.0 Å². The predicted molar refractivity (Wildman–Crippen MR) is 64.0 cm³/mol. The van der Waals surface area contributed by atoms with Gasteiger partial charge in [-0.3, -0.25) is 4.79 Å². The maximum atomic E-state index is 11.8. The summed E-state index contributed by atoms with van der Waals surface area (Å²) < 4.78 is 6.40. The largest absolute Gasteiger partial charge is 0.463 e. The third-order valence-corrected chi connectivity index (χ3v) is 2.74. The topological polar surface area (TPSA) is 48.3 Å². The fourth-order valence-corrected chi connectivity index (χ4v) is 1.89. The van der Waals surface area contributed by atoms with Crippen LogP contribution >= 0.6 is 0 Å². The second kappa shape index (κ2) is 4.41.